The van der Waals surface area contributed by atoms with Crippen LogP contribution in [0, 0.1) is 18.6 Å². The Balaban J connectivity index is 2.30. The number of hydrogen-bond donors (Lipinski definition) is 1. The zero-order valence-corrected chi connectivity index (χ0v) is 9.59. The lowest BCUT2D eigenvalue weighted by molar-refractivity contribution is -0.120. The lowest BCUT2D eigenvalue weighted by atomic mass is 10.2. The van der Waals surface area contributed by atoms with Gasteiger partial charge in [-0.3, -0.25) is 4.79 Å². The van der Waals surface area contributed by atoms with Crippen molar-refractivity contribution in [1.29, 1.82) is 0 Å². The second-order valence-electron chi connectivity index (χ2n) is 4.16. The summed E-state index contributed by atoms with van der Waals surface area (Å²) in [5.74, 6) is -1.23. The van der Waals surface area contributed by atoms with E-state index in [-0.39, 0.29) is 18.0 Å². The van der Waals surface area contributed by atoms with Gasteiger partial charge in [0.25, 0.3) is 0 Å². The third-order valence-corrected chi connectivity index (χ3v) is 2.79. The molecular weight excluding hydrogens is 226 g/mol. The smallest absolute Gasteiger partial charge is 0.221 e. The maximum Gasteiger partial charge on any atom is 0.221 e. The summed E-state index contributed by atoms with van der Waals surface area (Å²) in [7, 11) is 0. The highest BCUT2D eigenvalue weighted by atomic mass is 19.1. The van der Waals surface area contributed by atoms with Gasteiger partial charge in [-0.1, -0.05) is 0 Å². The molecule has 1 fully saturated rings. The molecule has 0 saturated carbocycles. The molecule has 1 N–H and O–H groups in total. The lowest BCUT2D eigenvalue weighted by Gasteiger charge is -2.23. The highest BCUT2D eigenvalue weighted by Gasteiger charge is 2.20. The molecule has 1 heterocycles. The molecular formula is C12H14F2N2O. The SMILES string of the molecule is Cc1cc(F)c(N2CCNC(=O)CC2)c(F)c1. The molecule has 5 heteroatoms. The molecule has 1 saturated heterocycles. The lowest BCUT2D eigenvalue weighted by Crippen LogP contribution is -2.29. The number of amides is 1. The molecule has 1 aromatic carbocycles. The van der Waals surface area contributed by atoms with E-state index in [1.807, 2.05) is 0 Å². The van der Waals surface area contributed by atoms with Crippen LogP contribution in [0.3, 0.4) is 0 Å². The maximum absolute atomic E-state index is 13.7. The van der Waals surface area contributed by atoms with Gasteiger partial charge < -0.3 is 10.2 Å². The Morgan fingerprint density at radius 3 is 2.53 bits per heavy atom. The minimum Gasteiger partial charge on any atom is -0.365 e. The van der Waals surface area contributed by atoms with Gasteiger partial charge in [0.15, 0.2) is 0 Å². The molecule has 0 spiro atoms. The van der Waals surface area contributed by atoms with Crippen LogP contribution in [0.4, 0.5) is 14.5 Å². The van der Waals surface area contributed by atoms with Crippen LogP contribution in [-0.4, -0.2) is 25.5 Å². The Kier molecular flexibility index (Phi) is 3.26. The highest BCUT2D eigenvalue weighted by molar-refractivity contribution is 5.77. The van der Waals surface area contributed by atoms with Crippen molar-refractivity contribution in [2.24, 2.45) is 0 Å². The quantitative estimate of drug-likeness (QED) is 0.808. The van der Waals surface area contributed by atoms with Crippen molar-refractivity contribution in [2.45, 2.75) is 13.3 Å². The van der Waals surface area contributed by atoms with Gasteiger partial charge in [0, 0.05) is 26.1 Å². The minimum atomic E-state index is -0.572. The topological polar surface area (TPSA) is 32.3 Å². The van der Waals surface area contributed by atoms with E-state index in [1.165, 1.54) is 12.1 Å². The Hall–Kier alpha value is -1.65. The van der Waals surface area contributed by atoms with Crippen LogP contribution in [0.1, 0.15) is 12.0 Å². The van der Waals surface area contributed by atoms with Crippen molar-refractivity contribution >= 4 is 11.6 Å². The molecule has 1 aromatic rings. The summed E-state index contributed by atoms with van der Waals surface area (Å²) in [4.78, 5) is 12.7. The molecule has 0 radical (unpaired) electrons. The van der Waals surface area contributed by atoms with Gasteiger partial charge >= 0.3 is 0 Å². The average Bonchev–Trinajstić information content (AvgIpc) is 2.42. The summed E-state index contributed by atoms with van der Waals surface area (Å²) in [6.07, 6.45) is 0.257. The third kappa shape index (κ3) is 2.54. The summed E-state index contributed by atoms with van der Waals surface area (Å²) >= 11 is 0. The van der Waals surface area contributed by atoms with E-state index in [0.29, 0.717) is 25.2 Å². The van der Waals surface area contributed by atoms with Crippen LogP contribution in [-0.2, 0) is 4.79 Å². The first kappa shape index (κ1) is 11.8. The fourth-order valence-electron chi connectivity index (χ4n) is 1.98. The molecule has 2 rings (SSSR count). The molecule has 1 amide bonds. The van der Waals surface area contributed by atoms with Crippen molar-refractivity contribution in [3.05, 3.63) is 29.3 Å². The van der Waals surface area contributed by atoms with Crippen LogP contribution >= 0.6 is 0 Å². The number of nitrogens with zero attached hydrogens (tertiary/aromatic N) is 1. The second-order valence-corrected chi connectivity index (χ2v) is 4.16. The summed E-state index contributed by atoms with van der Waals surface area (Å²) in [6.45, 7) is 2.81. The van der Waals surface area contributed by atoms with Crippen molar-refractivity contribution in [3.8, 4) is 0 Å². The monoisotopic (exact) mass is 240 g/mol. The average molecular weight is 240 g/mol. The van der Waals surface area contributed by atoms with Gasteiger partial charge in [-0.25, -0.2) is 8.78 Å². The Morgan fingerprint density at radius 1 is 1.24 bits per heavy atom. The van der Waals surface area contributed by atoms with E-state index >= 15 is 0 Å². The molecule has 1 aliphatic heterocycles. The molecule has 0 bridgehead atoms. The van der Waals surface area contributed by atoms with E-state index in [0.717, 1.165) is 0 Å². The summed E-state index contributed by atoms with van der Waals surface area (Å²) < 4.78 is 27.5. The zero-order valence-electron chi connectivity index (χ0n) is 9.59. The van der Waals surface area contributed by atoms with Gasteiger partial charge in [-0.05, 0) is 24.6 Å². The van der Waals surface area contributed by atoms with Crippen molar-refractivity contribution < 1.29 is 13.6 Å². The molecule has 0 atom stereocenters. The van der Waals surface area contributed by atoms with Gasteiger partial charge in [0.1, 0.15) is 17.3 Å². The summed E-state index contributed by atoms with van der Waals surface area (Å²) in [5, 5.41) is 2.67. The first-order chi connectivity index (χ1) is 8.08. The Bertz CT molecular complexity index is 425. The van der Waals surface area contributed by atoms with E-state index in [4.69, 9.17) is 0 Å². The van der Waals surface area contributed by atoms with E-state index in [9.17, 15) is 13.6 Å². The van der Waals surface area contributed by atoms with Gasteiger partial charge in [0.05, 0.1) is 0 Å². The molecule has 17 heavy (non-hydrogen) atoms. The molecule has 0 aliphatic carbocycles. The molecule has 1 aliphatic rings. The summed E-state index contributed by atoms with van der Waals surface area (Å²) in [6, 6.07) is 2.61. The number of aryl methyl sites for hydroxylation is 1. The highest BCUT2D eigenvalue weighted by Crippen LogP contribution is 2.25. The first-order valence-electron chi connectivity index (χ1n) is 5.55. The minimum absolute atomic E-state index is 0.0351. The predicted molar refractivity (Wildman–Crippen MR) is 60.9 cm³/mol. The van der Waals surface area contributed by atoms with Crippen LogP contribution in [0.5, 0.6) is 0 Å². The molecule has 0 aromatic heterocycles. The maximum atomic E-state index is 13.7. The number of halogens is 2. The van der Waals surface area contributed by atoms with Crippen LogP contribution in [0.2, 0.25) is 0 Å². The van der Waals surface area contributed by atoms with Crippen molar-refractivity contribution in [2.75, 3.05) is 24.5 Å². The van der Waals surface area contributed by atoms with Crippen molar-refractivity contribution in [3.63, 3.8) is 0 Å². The second kappa shape index (κ2) is 4.69. The Morgan fingerprint density at radius 2 is 1.88 bits per heavy atom. The fourth-order valence-corrected chi connectivity index (χ4v) is 1.98. The number of benzene rings is 1. The van der Waals surface area contributed by atoms with Crippen molar-refractivity contribution in [1.82, 2.24) is 5.32 Å². The van der Waals surface area contributed by atoms with E-state index in [1.54, 1.807) is 11.8 Å². The Labute approximate surface area is 98.4 Å². The predicted octanol–water partition coefficient (Wildman–Crippen LogP) is 1.60. The van der Waals surface area contributed by atoms with E-state index < -0.39 is 11.6 Å². The largest absolute Gasteiger partial charge is 0.365 e. The van der Waals surface area contributed by atoms with Crippen LogP contribution in [0.25, 0.3) is 0 Å². The number of anilines is 1. The number of nitrogens with one attached hydrogen (secondary N) is 1. The van der Waals surface area contributed by atoms with Crippen LogP contribution < -0.4 is 10.2 Å². The van der Waals surface area contributed by atoms with Gasteiger partial charge in [-0.15, -0.1) is 0 Å². The summed E-state index contributed by atoms with van der Waals surface area (Å²) in [5.41, 5.74) is 0.514. The van der Waals surface area contributed by atoms with Crippen LogP contribution in [0.15, 0.2) is 12.1 Å². The number of carbonyl (C=O) groups excluding carboxylic acids is 1. The number of hydrogen-bond acceptors (Lipinski definition) is 2. The molecule has 92 valence electrons. The van der Waals surface area contributed by atoms with E-state index in [2.05, 4.69) is 5.32 Å². The normalized spacial score (nSPS) is 16.6. The third-order valence-electron chi connectivity index (χ3n) is 2.79. The zero-order chi connectivity index (χ0) is 12.4. The molecule has 3 nitrogen and oxygen atoms in total. The number of carbonyl (C=O) groups is 1. The van der Waals surface area contributed by atoms with Gasteiger partial charge in [-0.2, -0.15) is 0 Å². The molecule has 0 unspecified atom stereocenters. The fraction of sp³-hybridized carbons (Fsp3) is 0.417. The standard InChI is InChI=1S/C12H14F2N2O/c1-8-6-9(13)12(10(14)7-8)16-4-2-11(17)15-3-5-16/h6-7H,2-5H2,1H3,(H,15,17). The first-order valence-corrected chi connectivity index (χ1v) is 5.55. The number of rotatable bonds is 1. The van der Waals surface area contributed by atoms with Gasteiger partial charge in [0.2, 0.25) is 5.91 Å².